The first-order chi connectivity index (χ1) is 10.6. The lowest BCUT2D eigenvalue weighted by Gasteiger charge is -2.24. The molecular formula is C16H18ClN3O2. The van der Waals surface area contributed by atoms with Crippen molar-refractivity contribution in [1.82, 2.24) is 10.3 Å². The maximum atomic E-state index is 11.0. The third kappa shape index (κ3) is 2.81. The molecule has 1 fully saturated rings. The van der Waals surface area contributed by atoms with Crippen molar-refractivity contribution in [3.63, 3.8) is 0 Å². The summed E-state index contributed by atoms with van der Waals surface area (Å²) >= 11 is 6.26. The van der Waals surface area contributed by atoms with Crippen LogP contribution in [0.4, 0.5) is 10.6 Å². The quantitative estimate of drug-likeness (QED) is 0.902. The van der Waals surface area contributed by atoms with Gasteiger partial charge in [-0.25, -0.2) is 9.78 Å². The minimum atomic E-state index is -1.04. The van der Waals surface area contributed by atoms with E-state index in [1.807, 2.05) is 31.2 Å². The van der Waals surface area contributed by atoms with E-state index in [1.165, 1.54) is 0 Å². The Hall–Kier alpha value is -2.01. The number of rotatable bonds is 3. The van der Waals surface area contributed by atoms with E-state index in [0.717, 1.165) is 48.2 Å². The van der Waals surface area contributed by atoms with Gasteiger partial charge in [0.1, 0.15) is 5.82 Å². The van der Waals surface area contributed by atoms with Gasteiger partial charge in [0.25, 0.3) is 0 Å². The predicted octanol–water partition coefficient (Wildman–Crippen LogP) is 3.82. The monoisotopic (exact) mass is 319 g/mol. The molecule has 0 bridgehead atoms. The summed E-state index contributed by atoms with van der Waals surface area (Å²) < 4.78 is 0. The number of benzene rings is 1. The second kappa shape index (κ2) is 6.01. The van der Waals surface area contributed by atoms with Gasteiger partial charge in [-0.1, -0.05) is 23.7 Å². The van der Waals surface area contributed by atoms with Crippen LogP contribution in [0.25, 0.3) is 10.9 Å². The number of aromatic nitrogens is 1. The molecule has 0 aliphatic carbocycles. The highest BCUT2D eigenvalue weighted by atomic mass is 35.5. The van der Waals surface area contributed by atoms with Gasteiger partial charge < -0.3 is 15.3 Å². The number of para-hydroxylation sites is 1. The number of fused-ring (bicyclic) bond motifs is 1. The summed E-state index contributed by atoms with van der Waals surface area (Å²) in [5.41, 5.74) is 1.65. The van der Waals surface area contributed by atoms with Crippen LogP contribution in [0.3, 0.4) is 0 Å². The third-order valence-corrected chi connectivity index (χ3v) is 4.32. The number of carboxylic acid groups (broad SMARTS) is 1. The van der Waals surface area contributed by atoms with Gasteiger partial charge in [0.2, 0.25) is 0 Å². The molecule has 1 aromatic carbocycles. The van der Waals surface area contributed by atoms with Crippen molar-refractivity contribution in [2.75, 3.05) is 18.0 Å². The van der Waals surface area contributed by atoms with E-state index < -0.39 is 6.09 Å². The zero-order chi connectivity index (χ0) is 15.7. The maximum Gasteiger partial charge on any atom is 0.405 e. The van der Waals surface area contributed by atoms with E-state index in [2.05, 4.69) is 10.2 Å². The summed E-state index contributed by atoms with van der Waals surface area (Å²) in [5, 5.41) is 13.0. The normalized spacial score (nSPS) is 16.0. The second-order valence-electron chi connectivity index (χ2n) is 5.58. The number of halogens is 1. The molecule has 0 saturated carbocycles. The molecule has 2 N–H and O–H groups in total. The van der Waals surface area contributed by atoms with Gasteiger partial charge in [-0.15, -0.1) is 0 Å². The van der Waals surface area contributed by atoms with E-state index in [4.69, 9.17) is 21.7 Å². The van der Waals surface area contributed by atoms with Crippen molar-refractivity contribution in [2.45, 2.75) is 25.8 Å². The largest absolute Gasteiger partial charge is 0.465 e. The summed E-state index contributed by atoms with van der Waals surface area (Å²) in [7, 11) is 0. The van der Waals surface area contributed by atoms with E-state index in [1.54, 1.807) is 0 Å². The average molecular weight is 320 g/mol. The number of anilines is 1. The van der Waals surface area contributed by atoms with Crippen LogP contribution in [-0.2, 0) is 0 Å². The average Bonchev–Trinajstić information content (AvgIpc) is 3.00. The number of carbonyl (C=O) groups is 1. The lowest BCUT2D eigenvalue weighted by Crippen LogP contribution is -2.28. The Balaban J connectivity index is 2.14. The van der Waals surface area contributed by atoms with Gasteiger partial charge in [0.15, 0.2) is 0 Å². The first kappa shape index (κ1) is 14.9. The molecule has 2 aromatic rings. The third-order valence-electron chi connectivity index (χ3n) is 4.02. The minimum absolute atomic E-state index is 0.330. The molecule has 1 atom stereocenters. The highest BCUT2D eigenvalue weighted by molar-refractivity contribution is 6.35. The number of pyridine rings is 1. The Labute approximate surface area is 133 Å². The summed E-state index contributed by atoms with van der Waals surface area (Å²) in [5.74, 6) is 0.833. The number of nitrogens with one attached hydrogen (secondary N) is 1. The first-order valence-electron chi connectivity index (χ1n) is 7.40. The Morgan fingerprint density at radius 1 is 1.41 bits per heavy atom. The van der Waals surface area contributed by atoms with Crippen LogP contribution < -0.4 is 10.2 Å². The number of nitrogens with zero attached hydrogens (tertiary/aromatic N) is 2. The first-order valence-corrected chi connectivity index (χ1v) is 7.77. The molecule has 1 aromatic heterocycles. The second-order valence-corrected chi connectivity index (χ2v) is 5.99. The van der Waals surface area contributed by atoms with Crippen LogP contribution >= 0.6 is 11.6 Å². The summed E-state index contributed by atoms with van der Waals surface area (Å²) in [6.45, 7) is 3.71. The van der Waals surface area contributed by atoms with E-state index in [-0.39, 0.29) is 6.04 Å². The van der Waals surface area contributed by atoms with Crippen molar-refractivity contribution >= 4 is 34.4 Å². The molecule has 0 spiro atoms. The SMILES string of the molecule is CC(NC(=O)O)c1cc2cccc(Cl)c2nc1N1CCCC1. The van der Waals surface area contributed by atoms with E-state index >= 15 is 0 Å². The molecule has 1 aliphatic heterocycles. The Morgan fingerprint density at radius 2 is 2.14 bits per heavy atom. The molecule has 116 valence electrons. The number of hydrogen-bond donors (Lipinski definition) is 2. The van der Waals surface area contributed by atoms with Crippen molar-refractivity contribution in [2.24, 2.45) is 0 Å². The van der Waals surface area contributed by atoms with E-state index in [9.17, 15) is 4.79 Å². The van der Waals surface area contributed by atoms with Crippen molar-refractivity contribution < 1.29 is 9.90 Å². The molecule has 2 heterocycles. The van der Waals surface area contributed by atoms with Crippen LogP contribution in [0.2, 0.25) is 5.02 Å². The van der Waals surface area contributed by atoms with Gasteiger partial charge in [-0.3, -0.25) is 0 Å². The van der Waals surface area contributed by atoms with Crippen molar-refractivity contribution in [3.8, 4) is 0 Å². The highest BCUT2D eigenvalue weighted by Crippen LogP contribution is 2.32. The fourth-order valence-corrected chi connectivity index (χ4v) is 3.16. The van der Waals surface area contributed by atoms with Crippen molar-refractivity contribution in [1.29, 1.82) is 0 Å². The predicted molar refractivity (Wildman–Crippen MR) is 87.8 cm³/mol. The molecule has 3 rings (SSSR count). The van der Waals surface area contributed by atoms with Crippen LogP contribution in [0.1, 0.15) is 31.4 Å². The number of amides is 1. The van der Waals surface area contributed by atoms with Crippen LogP contribution in [-0.4, -0.2) is 29.3 Å². The molecule has 22 heavy (non-hydrogen) atoms. The fourth-order valence-electron chi connectivity index (χ4n) is 2.93. The zero-order valence-corrected chi connectivity index (χ0v) is 13.1. The molecule has 0 radical (unpaired) electrons. The molecule has 1 aliphatic rings. The van der Waals surface area contributed by atoms with Gasteiger partial charge in [-0.05, 0) is 31.9 Å². The summed E-state index contributed by atoms with van der Waals surface area (Å²) in [6.07, 6.45) is 1.22. The van der Waals surface area contributed by atoms with Gasteiger partial charge >= 0.3 is 6.09 Å². The molecule has 1 saturated heterocycles. The van der Waals surface area contributed by atoms with Gasteiger partial charge in [0.05, 0.1) is 16.6 Å². The van der Waals surface area contributed by atoms with Crippen LogP contribution in [0.15, 0.2) is 24.3 Å². The highest BCUT2D eigenvalue weighted by Gasteiger charge is 2.22. The zero-order valence-electron chi connectivity index (χ0n) is 12.3. The molecule has 1 unspecified atom stereocenters. The molecule has 5 nitrogen and oxygen atoms in total. The van der Waals surface area contributed by atoms with Gasteiger partial charge in [-0.2, -0.15) is 0 Å². The molecule has 6 heteroatoms. The van der Waals surface area contributed by atoms with Gasteiger partial charge in [0, 0.05) is 24.0 Å². The maximum absolute atomic E-state index is 11.0. The summed E-state index contributed by atoms with van der Waals surface area (Å²) in [6, 6.07) is 7.30. The Morgan fingerprint density at radius 3 is 2.82 bits per heavy atom. The lowest BCUT2D eigenvalue weighted by molar-refractivity contribution is 0.191. The summed E-state index contributed by atoms with van der Waals surface area (Å²) in [4.78, 5) is 17.9. The van der Waals surface area contributed by atoms with E-state index in [0.29, 0.717) is 5.02 Å². The smallest absolute Gasteiger partial charge is 0.405 e. The Bertz CT molecular complexity index is 714. The van der Waals surface area contributed by atoms with Crippen LogP contribution in [0.5, 0.6) is 0 Å². The lowest BCUT2D eigenvalue weighted by atomic mass is 10.1. The number of hydrogen-bond acceptors (Lipinski definition) is 3. The molecular weight excluding hydrogens is 302 g/mol. The topological polar surface area (TPSA) is 65.5 Å². The van der Waals surface area contributed by atoms with Crippen molar-refractivity contribution in [3.05, 3.63) is 34.9 Å². The van der Waals surface area contributed by atoms with Crippen LogP contribution in [0, 0.1) is 0 Å². The standard InChI is InChI=1S/C16H18ClN3O2/c1-10(18-16(21)22)12-9-11-5-4-6-13(17)14(11)19-15(12)20-7-2-3-8-20/h4-6,9-10,18H,2-3,7-8H2,1H3,(H,21,22). The Kier molecular flexibility index (Phi) is 4.07. The minimum Gasteiger partial charge on any atom is -0.465 e. The molecule has 1 amide bonds. The fraction of sp³-hybridized carbons (Fsp3) is 0.375.